The summed E-state index contributed by atoms with van der Waals surface area (Å²) in [7, 11) is 3.35. The molecule has 0 saturated carbocycles. The molecule has 2 heterocycles. The van der Waals surface area contributed by atoms with Crippen LogP contribution in [0.25, 0.3) is 11.5 Å². The topological polar surface area (TPSA) is 60.6 Å². The maximum Gasteiger partial charge on any atom is 0.247 e. The number of ether oxygens (including phenoxy) is 2. The Labute approximate surface area is 177 Å². The molecule has 4 rings (SSSR count). The van der Waals surface area contributed by atoms with Crippen molar-refractivity contribution in [2.75, 3.05) is 20.8 Å². The van der Waals surface area contributed by atoms with E-state index in [1.165, 1.54) is 24.8 Å². The SMILES string of the molecule is COc1ccc(-c2nnc(C(C)N3CCCCCC3c3ccc(OC)cc3)o2)cc1. The van der Waals surface area contributed by atoms with Crippen molar-refractivity contribution in [3.8, 4) is 23.0 Å². The molecule has 6 nitrogen and oxygen atoms in total. The van der Waals surface area contributed by atoms with Gasteiger partial charge in [0.25, 0.3) is 0 Å². The molecule has 0 spiro atoms. The standard InChI is InChI=1S/C24H29N3O3/c1-17(23-25-26-24(30-23)19-10-14-21(29-3)15-11-19)27-16-6-4-5-7-22(27)18-8-12-20(28-2)13-9-18/h8-15,17,22H,4-7,16H2,1-3H3. The van der Waals surface area contributed by atoms with Crippen LogP contribution in [0.1, 0.15) is 56.1 Å². The molecular formula is C24H29N3O3. The van der Waals surface area contributed by atoms with Gasteiger partial charge in [-0.05, 0) is 68.3 Å². The molecule has 1 saturated heterocycles. The van der Waals surface area contributed by atoms with E-state index in [-0.39, 0.29) is 6.04 Å². The Kier molecular flexibility index (Phi) is 6.33. The summed E-state index contributed by atoms with van der Waals surface area (Å²) >= 11 is 0. The van der Waals surface area contributed by atoms with E-state index in [1.54, 1.807) is 14.2 Å². The number of hydrogen-bond donors (Lipinski definition) is 0. The van der Waals surface area contributed by atoms with Gasteiger partial charge in [0.1, 0.15) is 11.5 Å². The molecule has 1 aromatic heterocycles. The first kappa shape index (κ1) is 20.4. The molecule has 0 N–H and O–H groups in total. The van der Waals surface area contributed by atoms with Gasteiger partial charge in [-0.1, -0.05) is 25.0 Å². The summed E-state index contributed by atoms with van der Waals surface area (Å²) in [5.74, 6) is 2.88. The number of benzene rings is 2. The van der Waals surface area contributed by atoms with Crippen LogP contribution in [0.2, 0.25) is 0 Å². The second-order valence-corrected chi connectivity index (χ2v) is 7.73. The lowest BCUT2D eigenvalue weighted by Crippen LogP contribution is -2.31. The zero-order chi connectivity index (χ0) is 20.9. The van der Waals surface area contributed by atoms with Crippen molar-refractivity contribution in [2.45, 2.75) is 44.7 Å². The summed E-state index contributed by atoms with van der Waals surface area (Å²) in [5.41, 5.74) is 2.20. The molecule has 3 aromatic rings. The first-order valence-corrected chi connectivity index (χ1v) is 10.6. The first-order chi connectivity index (χ1) is 14.7. The molecule has 2 unspecified atom stereocenters. The smallest absolute Gasteiger partial charge is 0.247 e. The number of methoxy groups -OCH3 is 2. The van der Waals surface area contributed by atoms with Gasteiger partial charge < -0.3 is 13.9 Å². The number of nitrogens with zero attached hydrogens (tertiary/aromatic N) is 3. The Hall–Kier alpha value is -2.86. The maximum atomic E-state index is 6.10. The average molecular weight is 408 g/mol. The summed E-state index contributed by atoms with van der Waals surface area (Å²) in [4.78, 5) is 2.50. The molecule has 2 aromatic carbocycles. The van der Waals surface area contributed by atoms with Gasteiger partial charge >= 0.3 is 0 Å². The highest BCUT2D eigenvalue weighted by Crippen LogP contribution is 2.37. The van der Waals surface area contributed by atoms with Crippen LogP contribution in [0.4, 0.5) is 0 Å². The van der Waals surface area contributed by atoms with Crippen LogP contribution in [0.3, 0.4) is 0 Å². The van der Waals surface area contributed by atoms with Crippen LogP contribution in [0.15, 0.2) is 52.9 Å². The van der Waals surface area contributed by atoms with Crippen molar-refractivity contribution >= 4 is 0 Å². The Balaban J connectivity index is 1.57. The second kappa shape index (κ2) is 9.30. The molecule has 158 valence electrons. The van der Waals surface area contributed by atoms with Gasteiger partial charge in [0.2, 0.25) is 11.8 Å². The Morgan fingerprint density at radius 3 is 2.23 bits per heavy atom. The highest BCUT2D eigenvalue weighted by Gasteiger charge is 2.30. The normalized spacial score (nSPS) is 18.6. The van der Waals surface area contributed by atoms with Gasteiger partial charge in [-0.15, -0.1) is 10.2 Å². The van der Waals surface area contributed by atoms with Crippen molar-refractivity contribution < 1.29 is 13.9 Å². The molecule has 30 heavy (non-hydrogen) atoms. The molecule has 2 atom stereocenters. The summed E-state index contributed by atoms with van der Waals surface area (Å²) in [6, 6.07) is 16.5. The number of hydrogen-bond acceptors (Lipinski definition) is 6. The minimum atomic E-state index is 0.0368. The first-order valence-electron chi connectivity index (χ1n) is 10.6. The van der Waals surface area contributed by atoms with E-state index in [2.05, 4.69) is 34.2 Å². The minimum Gasteiger partial charge on any atom is -0.497 e. The Morgan fingerprint density at radius 2 is 1.57 bits per heavy atom. The fourth-order valence-corrected chi connectivity index (χ4v) is 4.17. The molecule has 1 aliphatic heterocycles. The third-order valence-corrected chi connectivity index (χ3v) is 5.93. The lowest BCUT2D eigenvalue weighted by molar-refractivity contribution is 0.127. The van der Waals surface area contributed by atoms with Crippen LogP contribution in [0, 0.1) is 0 Å². The van der Waals surface area contributed by atoms with Crippen LogP contribution in [-0.2, 0) is 0 Å². The van der Waals surface area contributed by atoms with Crippen molar-refractivity contribution in [1.82, 2.24) is 15.1 Å². The van der Waals surface area contributed by atoms with Crippen molar-refractivity contribution in [3.63, 3.8) is 0 Å². The minimum absolute atomic E-state index is 0.0368. The van der Waals surface area contributed by atoms with Crippen molar-refractivity contribution in [3.05, 3.63) is 60.0 Å². The lowest BCUT2D eigenvalue weighted by atomic mass is 9.99. The molecule has 0 radical (unpaired) electrons. The van der Waals surface area contributed by atoms with Crippen LogP contribution in [-0.4, -0.2) is 35.9 Å². The predicted octanol–water partition coefficient (Wildman–Crippen LogP) is 5.43. The fraction of sp³-hybridized carbons (Fsp3) is 0.417. The average Bonchev–Trinajstić information content (AvgIpc) is 3.17. The van der Waals surface area contributed by atoms with Crippen molar-refractivity contribution in [1.29, 1.82) is 0 Å². The molecule has 0 aliphatic carbocycles. The molecule has 0 bridgehead atoms. The van der Waals surface area contributed by atoms with Crippen LogP contribution >= 0.6 is 0 Å². The number of aromatic nitrogens is 2. The van der Waals surface area contributed by atoms with Gasteiger partial charge in [0.15, 0.2) is 0 Å². The van der Waals surface area contributed by atoms with E-state index in [4.69, 9.17) is 13.9 Å². The van der Waals surface area contributed by atoms with Crippen molar-refractivity contribution in [2.24, 2.45) is 0 Å². The summed E-state index contributed by atoms with van der Waals surface area (Å²) in [5, 5.41) is 8.69. The highest BCUT2D eigenvalue weighted by atomic mass is 16.5. The van der Waals surface area contributed by atoms with Crippen LogP contribution < -0.4 is 9.47 Å². The monoisotopic (exact) mass is 407 g/mol. The van der Waals surface area contributed by atoms with Crippen LogP contribution in [0.5, 0.6) is 11.5 Å². The highest BCUT2D eigenvalue weighted by molar-refractivity contribution is 5.54. The number of likely N-dealkylation sites (tertiary alicyclic amines) is 1. The Morgan fingerprint density at radius 1 is 0.900 bits per heavy atom. The van der Waals surface area contributed by atoms with Gasteiger partial charge in [0.05, 0.1) is 20.3 Å². The third kappa shape index (κ3) is 4.33. The maximum absolute atomic E-state index is 6.10. The van der Waals surface area contributed by atoms with E-state index in [9.17, 15) is 0 Å². The van der Waals surface area contributed by atoms with Gasteiger partial charge in [-0.3, -0.25) is 4.90 Å². The number of rotatable bonds is 6. The summed E-state index contributed by atoms with van der Waals surface area (Å²) < 4.78 is 16.7. The predicted molar refractivity (Wildman–Crippen MR) is 116 cm³/mol. The zero-order valence-corrected chi connectivity index (χ0v) is 17.9. The van der Waals surface area contributed by atoms with E-state index in [0.717, 1.165) is 30.0 Å². The Bertz CT molecular complexity index is 937. The van der Waals surface area contributed by atoms with Gasteiger partial charge in [0, 0.05) is 11.6 Å². The molecule has 1 fully saturated rings. The quantitative estimate of drug-likeness (QED) is 0.543. The third-order valence-electron chi connectivity index (χ3n) is 5.93. The molecule has 0 amide bonds. The summed E-state index contributed by atoms with van der Waals surface area (Å²) in [6.45, 7) is 3.17. The van der Waals surface area contributed by atoms with E-state index < -0.39 is 0 Å². The largest absolute Gasteiger partial charge is 0.497 e. The van der Waals surface area contributed by atoms with E-state index >= 15 is 0 Å². The van der Waals surface area contributed by atoms with Gasteiger partial charge in [-0.2, -0.15) is 0 Å². The zero-order valence-electron chi connectivity index (χ0n) is 17.9. The fourth-order valence-electron chi connectivity index (χ4n) is 4.17. The lowest BCUT2D eigenvalue weighted by Gasteiger charge is -2.33. The van der Waals surface area contributed by atoms with Gasteiger partial charge in [-0.25, -0.2) is 0 Å². The molecule has 6 heteroatoms. The molecule has 1 aliphatic rings. The van der Waals surface area contributed by atoms with E-state index in [1.807, 2.05) is 36.4 Å². The molecular weight excluding hydrogens is 378 g/mol. The summed E-state index contributed by atoms with van der Waals surface area (Å²) in [6.07, 6.45) is 4.77. The van der Waals surface area contributed by atoms with E-state index in [0.29, 0.717) is 17.8 Å². The second-order valence-electron chi connectivity index (χ2n) is 7.73.